The third-order valence-electron chi connectivity index (χ3n) is 5.03. The van der Waals surface area contributed by atoms with Crippen LogP contribution in [0, 0.1) is 0 Å². The van der Waals surface area contributed by atoms with Crippen LogP contribution in [0.2, 0.25) is 18.1 Å². The molecule has 1 atom stereocenters. The number of rotatable bonds is 6. The van der Waals surface area contributed by atoms with E-state index in [1.807, 2.05) is 30.3 Å². The second-order valence-electron chi connectivity index (χ2n) is 8.18. The van der Waals surface area contributed by atoms with Crippen LogP contribution in [-0.4, -0.2) is 26.1 Å². The lowest BCUT2D eigenvalue weighted by atomic mass is 10.1. The molecule has 2 aromatic carbocycles. The van der Waals surface area contributed by atoms with Crippen LogP contribution < -0.4 is 10.6 Å². The molecule has 3 N–H and O–H groups in total. The quantitative estimate of drug-likeness (QED) is 0.592. The van der Waals surface area contributed by atoms with Gasteiger partial charge in [0.05, 0.1) is 12.6 Å². The molecule has 0 spiro atoms. The van der Waals surface area contributed by atoms with Crippen LogP contribution >= 0.6 is 0 Å². The molecule has 2 aromatic rings. The fourth-order valence-corrected chi connectivity index (χ4v) is 3.34. The van der Waals surface area contributed by atoms with Gasteiger partial charge in [0.1, 0.15) is 5.75 Å². The van der Waals surface area contributed by atoms with Crippen molar-refractivity contribution in [1.82, 2.24) is 5.32 Å². The molecule has 0 unspecified atom stereocenters. The van der Waals surface area contributed by atoms with E-state index in [0.29, 0.717) is 12.3 Å². The van der Waals surface area contributed by atoms with Crippen LogP contribution in [0.5, 0.6) is 5.75 Å². The molecule has 0 aromatic heterocycles. The Hall–Kier alpha value is -2.31. The van der Waals surface area contributed by atoms with Crippen LogP contribution in [0.15, 0.2) is 54.6 Å². The van der Waals surface area contributed by atoms with Crippen LogP contribution in [-0.2, 0) is 4.43 Å². The number of carbonyl (C=O) groups is 1. The monoisotopic (exact) mass is 386 g/mol. The van der Waals surface area contributed by atoms with Crippen LogP contribution in [0.3, 0.4) is 0 Å². The summed E-state index contributed by atoms with van der Waals surface area (Å²) in [6, 6.07) is 15.7. The molecule has 2 amide bonds. The average molecular weight is 387 g/mol. The largest absolute Gasteiger partial charge is 0.508 e. The Bertz CT molecular complexity index is 758. The smallest absolute Gasteiger partial charge is 0.319 e. The molecule has 6 heteroatoms. The molecule has 0 radical (unpaired) electrons. The van der Waals surface area contributed by atoms with Gasteiger partial charge in [0.25, 0.3) is 0 Å². The molecule has 0 aliphatic heterocycles. The van der Waals surface area contributed by atoms with Crippen LogP contribution in [0.25, 0.3) is 0 Å². The Morgan fingerprint density at radius 2 is 1.78 bits per heavy atom. The topological polar surface area (TPSA) is 70.6 Å². The molecule has 0 heterocycles. The number of amides is 2. The SMILES string of the molecule is CC(C)(C)[Si](C)(C)OC[C@H](NC(=O)Nc1cccc(O)c1)c1ccccc1. The van der Waals surface area contributed by atoms with E-state index in [4.69, 9.17) is 4.43 Å². The Balaban J connectivity index is 2.10. The van der Waals surface area contributed by atoms with Crippen molar-refractivity contribution in [3.05, 3.63) is 60.2 Å². The number of anilines is 1. The lowest BCUT2D eigenvalue weighted by Gasteiger charge is -2.37. The number of phenolic OH excluding ortho intramolecular Hbond substituents is 1. The predicted molar refractivity (Wildman–Crippen MR) is 113 cm³/mol. The zero-order valence-electron chi connectivity index (χ0n) is 16.7. The maximum absolute atomic E-state index is 12.5. The van der Waals surface area contributed by atoms with Gasteiger partial charge in [-0.2, -0.15) is 0 Å². The van der Waals surface area contributed by atoms with Gasteiger partial charge < -0.3 is 20.2 Å². The van der Waals surface area contributed by atoms with Gasteiger partial charge in [-0.1, -0.05) is 57.2 Å². The Morgan fingerprint density at radius 1 is 1.11 bits per heavy atom. The van der Waals surface area contributed by atoms with Crippen LogP contribution in [0.4, 0.5) is 10.5 Å². The van der Waals surface area contributed by atoms with Crippen molar-refractivity contribution in [2.24, 2.45) is 0 Å². The minimum Gasteiger partial charge on any atom is -0.508 e. The standard InChI is InChI=1S/C21H30N2O3Si/c1-21(2,3)27(4,5)26-15-19(16-10-7-6-8-11-16)23-20(25)22-17-12-9-13-18(24)14-17/h6-14,19,24H,15H2,1-5H3,(H2,22,23,25)/t19-/m0/s1. The van der Waals surface area contributed by atoms with Gasteiger partial charge >= 0.3 is 6.03 Å². The number of aromatic hydroxyl groups is 1. The maximum atomic E-state index is 12.5. The first-order valence-electron chi connectivity index (χ1n) is 9.14. The second-order valence-corrected chi connectivity index (χ2v) is 13.0. The maximum Gasteiger partial charge on any atom is 0.319 e. The molecule has 5 nitrogen and oxygen atoms in total. The normalized spacial score (nSPS) is 13.1. The molecule has 0 fully saturated rings. The minimum atomic E-state index is -1.94. The molecule has 0 saturated carbocycles. The highest BCUT2D eigenvalue weighted by atomic mass is 28.4. The minimum absolute atomic E-state index is 0.0953. The number of benzene rings is 2. The van der Waals surface area contributed by atoms with Crippen molar-refractivity contribution in [2.75, 3.05) is 11.9 Å². The van der Waals surface area contributed by atoms with E-state index in [0.717, 1.165) is 5.56 Å². The number of carbonyl (C=O) groups excluding carboxylic acids is 1. The van der Waals surface area contributed by atoms with Crippen molar-refractivity contribution < 1.29 is 14.3 Å². The Labute approximate surface area is 162 Å². The first-order valence-corrected chi connectivity index (χ1v) is 12.0. The summed E-state index contributed by atoms with van der Waals surface area (Å²) in [5.74, 6) is 0.105. The van der Waals surface area contributed by atoms with E-state index in [-0.39, 0.29) is 22.9 Å². The molecular weight excluding hydrogens is 356 g/mol. The van der Waals surface area contributed by atoms with Gasteiger partial charge in [-0.15, -0.1) is 0 Å². The Kier molecular flexibility index (Phi) is 6.67. The molecule has 0 aliphatic carbocycles. The zero-order valence-corrected chi connectivity index (χ0v) is 17.7. The highest BCUT2D eigenvalue weighted by molar-refractivity contribution is 6.74. The fourth-order valence-electron chi connectivity index (χ4n) is 2.32. The number of urea groups is 1. The lowest BCUT2D eigenvalue weighted by molar-refractivity contribution is 0.226. The molecule has 0 saturated heterocycles. The summed E-state index contributed by atoms with van der Waals surface area (Å²) in [4.78, 5) is 12.5. The second kappa shape index (κ2) is 8.58. The van der Waals surface area contributed by atoms with Gasteiger partial charge in [0.2, 0.25) is 0 Å². The van der Waals surface area contributed by atoms with Crippen molar-refractivity contribution >= 4 is 20.0 Å². The summed E-state index contributed by atoms with van der Waals surface area (Å²) < 4.78 is 6.34. The zero-order chi connectivity index (χ0) is 20.1. The third-order valence-corrected chi connectivity index (χ3v) is 9.53. The fraction of sp³-hybridized carbons (Fsp3) is 0.381. The first-order chi connectivity index (χ1) is 12.6. The molecule has 0 aliphatic rings. The summed E-state index contributed by atoms with van der Waals surface area (Å²) >= 11 is 0. The molecule has 0 bridgehead atoms. The number of nitrogens with one attached hydrogen (secondary N) is 2. The molecule has 27 heavy (non-hydrogen) atoms. The van der Waals surface area contributed by atoms with E-state index in [1.54, 1.807) is 18.2 Å². The van der Waals surface area contributed by atoms with E-state index < -0.39 is 8.32 Å². The average Bonchev–Trinajstić information content (AvgIpc) is 2.58. The summed E-state index contributed by atoms with van der Waals surface area (Å²) in [7, 11) is -1.94. The van der Waals surface area contributed by atoms with E-state index in [2.05, 4.69) is 44.5 Å². The van der Waals surface area contributed by atoms with Crippen molar-refractivity contribution in [3.63, 3.8) is 0 Å². The van der Waals surface area contributed by atoms with Gasteiger partial charge in [-0.25, -0.2) is 4.79 Å². The van der Waals surface area contributed by atoms with Crippen molar-refractivity contribution in [2.45, 2.75) is 44.9 Å². The third kappa shape index (κ3) is 6.11. The Morgan fingerprint density at radius 3 is 2.37 bits per heavy atom. The lowest BCUT2D eigenvalue weighted by Crippen LogP contribution is -2.44. The van der Waals surface area contributed by atoms with Gasteiger partial charge in [0, 0.05) is 11.8 Å². The van der Waals surface area contributed by atoms with Crippen molar-refractivity contribution in [1.29, 1.82) is 0 Å². The molecular formula is C21H30N2O3Si. The molecule has 2 rings (SSSR count). The summed E-state index contributed by atoms with van der Waals surface area (Å²) in [5.41, 5.74) is 1.52. The number of hydrogen-bond donors (Lipinski definition) is 3. The van der Waals surface area contributed by atoms with Gasteiger partial charge in [-0.05, 0) is 35.8 Å². The summed E-state index contributed by atoms with van der Waals surface area (Å²) in [5, 5.41) is 15.4. The highest BCUT2D eigenvalue weighted by Gasteiger charge is 2.37. The summed E-state index contributed by atoms with van der Waals surface area (Å²) in [6.45, 7) is 11.4. The van der Waals surface area contributed by atoms with E-state index in [9.17, 15) is 9.90 Å². The van der Waals surface area contributed by atoms with Crippen LogP contribution in [0.1, 0.15) is 32.4 Å². The van der Waals surface area contributed by atoms with Gasteiger partial charge in [0.15, 0.2) is 8.32 Å². The molecule has 146 valence electrons. The number of hydrogen-bond acceptors (Lipinski definition) is 3. The number of phenols is 1. The van der Waals surface area contributed by atoms with E-state index in [1.165, 1.54) is 6.07 Å². The van der Waals surface area contributed by atoms with Crippen molar-refractivity contribution in [3.8, 4) is 5.75 Å². The predicted octanol–water partition coefficient (Wildman–Crippen LogP) is 5.28. The highest BCUT2D eigenvalue weighted by Crippen LogP contribution is 2.37. The van der Waals surface area contributed by atoms with Gasteiger partial charge in [-0.3, -0.25) is 0 Å². The van der Waals surface area contributed by atoms with E-state index >= 15 is 0 Å². The summed E-state index contributed by atoms with van der Waals surface area (Å²) in [6.07, 6.45) is 0. The first kappa shape index (κ1) is 21.0.